The molecule has 0 aromatic heterocycles. The minimum absolute atomic E-state index is 0.348. The van der Waals surface area contributed by atoms with Crippen LogP contribution in [0, 0.1) is 5.92 Å². The van der Waals surface area contributed by atoms with Gasteiger partial charge in [0.1, 0.15) is 0 Å². The number of hydrogen-bond donors (Lipinski definition) is 1. The predicted molar refractivity (Wildman–Crippen MR) is 54.6 cm³/mol. The van der Waals surface area contributed by atoms with Crippen LogP contribution in [0.25, 0.3) is 0 Å². The molecular formula is C10H16OS. The van der Waals surface area contributed by atoms with E-state index >= 15 is 0 Å². The highest BCUT2D eigenvalue weighted by Gasteiger charge is 2.22. The van der Waals surface area contributed by atoms with Crippen molar-refractivity contribution in [3.05, 3.63) is 11.1 Å². The Kier molecular flexibility index (Phi) is 3.39. The summed E-state index contributed by atoms with van der Waals surface area (Å²) in [6, 6.07) is 0. The Labute approximate surface area is 79.6 Å². The maximum Gasteiger partial charge on any atom is 0.159 e. The Bertz CT molecular complexity index is 214. The lowest BCUT2D eigenvalue weighted by Gasteiger charge is -2.22. The summed E-state index contributed by atoms with van der Waals surface area (Å²) in [5.74, 6) is 1.71. The van der Waals surface area contributed by atoms with Gasteiger partial charge in [-0.2, -0.15) is 12.6 Å². The number of ketones is 1. The van der Waals surface area contributed by atoms with E-state index in [2.05, 4.69) is 12.6 Å². The quantitative estimate of drug-likeness (QED) is 0.489. The molecule has 0 aromatic rings. The van der Waals surface area contributed by atoms with E-state index in [9.17, 15) is 4.79 Å². The van der Waals surface area contributed by atoms with Crippen LogP contribution in [-0.2, 0) is 4.79 Å². The molecule has 1 unspecified atom stereocenters. The largest absolute Gasteiger partial charge is 0.295 e. The zero-order chi connectivity index (χ0) is 9.14. The Morgan fingerprint density at radius 1 is 1.58 bits per heavy atom. The van der Waals surface area contributed by atoms with Crippen LogP contribution >= 0.6 is 12.6 Å². The summed E-state index contributed by atoms with van der Waals surface area (Å²) in [4.78, 5) is 11.5. The standard InChI is InChI=1S/C10H16OS/c1-7(2)9-4-3-8(6-12)5-10(9)11/h8,12H,3-6H2,1-2H3. The maximum absolute atomic E-state index is 11.5. The van der Waals surface area contributed by atoms with Crippen molar-refractivity contribution < 1.29 is 4.79 Å². The Morgan fingerprint density at radius 2 is 2.25 bits per heavy atom. The summed E-state index contributed by atoms with van der Waals surface area (Å²) in [6.45, 7) is 4.04. The molecule has 0 aromatic carbocycles. The molecule has 0 spiro atoms. The molecule has 1 aliphatic carbocycles. The van der Waals surface area contributed by atoms with Crippen molar-refractivity contribution >= 4 is 18.4 Å². The van der Waals surface area contributed by atoms with Gasteiger partial charge in [-0.3, -0.25) is 4.79 Å². The topological polar surface area (TPSA) is 17.1 Å². The number of hydrogen-bond acceptors (Lipinski definition) is 2. The molecule has 0 saturated heterocycles. The lowest BCUT2D eigenvalue weighted by molar-refractivity contribution is -0.117. The summed E-state index contributed by atoms with van der Waals surface area (Å²) in [7, 11) is 0. The molecule has 1 rings (SSSR count). The van der Waals surface area contributed by atoms with Gasteiger partial charge in [-0.15, -0.1) is 0 Å². The molecule has 2 heteroatoms. The number of carbonyl (C=O) groups excluding carboxylic acids is 1. The molecule has 0 heterocycles. The van der Waals surface area contributed by atoms with Crippen molar-refractivity contribution in [3.8, 4) is 0 Å². The zero-order valence-corrected chi connectivity index (χ0v) is 8.66. The van der Waals surface area contributed by atoms with Crippen LogP contribution in [0.4, 0.5) is 0 Å². The second-order valence-electron chi connectivity index (χ2n) is 3.69. The van der Waals surface area contributed by atoms with Crippen LogP contribution in [0.2, 0.25) is 0 Å². The van der Waals surface area contributed by atoms with Crippen LogP contribution < -0.4 is 0 Å². The van der Waals surface area contributed by atoms with Gasteiger partial charge in [-0.25, -0.2) is 0 Å². The summed E-state index contributed by atoms with van der Waals surface area (Å²) in [5.41, 5.74) is 2.26. The molecule has 0 amide bonds. The lowest BCUT2D eigenvalue weighted by Crippen LogP contribution is -2.19. The highest BCUT2D eigenvalue weighted by atomic mass is 32.1. The normalized spacial score (nSPS) is 24.4. The fourth-order valence-corrected chi connectivity index (χ4v) is 1.97. The molecule has 1 fully saturated rings. The Hall–Kier alpha value is -0.240. The van der Waals surface area contributed by atoms with Crippen LogP contribution in [0.5, 0.6) is 0 Å². The minimum Gasteiger partial charge on any atom is -0.295 e. The first kappa shape index (κ1) is 9.85. The number of rotatable bonds is 1. The first-order valence-corrected chi connectivity index (χ1v) is 5.08. The second-order valence-corrected chi connectivity index (χ2v) is 4.06. The van der Waals surface area contributed by atoms with Crippen LogP contribution in [0.3, 0.4) is 0 Å². The third-order valence-electron chi connectivity index (χ3n) is 2.47. The molecule has 12 heavy (non-hydrogen) atoms. The third-order valence-corrected chi connectivity index (χ3v) is 2.99. The zero-order valence-electron chi connectivity index (χ0n) is 7.76. The Balaban J connectivity index is 2.67. The van der Waals surface area contributed by atoms with E-state index in [4.69, 9.17) is 0 Å². The van der Waals surface area contributed by atoms with E-state index in [1.807, 2.05) is 13.8 Å². The molecule has 1 atom stereocenters. The molecule has 0 N–H and O–H groups in total. The van der Waals surface area contributed by atoms with Crippen molar-refractivity contribution in [2.24, 2.45) is 5.92 Å². The number of allylic oxidation sites excluding steroid dienone is 2. The summed E-state index contributed by atoms with van der Waals surface area (Å²) >= 11 is 4.22. The van der Waals surface area contributed by atoms with E-state index in [0.29, 0.717) is 18.1 Å². The lowest BCUT2D eigenvalue weighted by atomic mass is 9.84. The maximum atomic E-state index is 11.5. The average Bonchev–Trinajstić information content (AvgIpc) is 2.03. The van der Waals surface area contributed by atoms with E-state index in [1.54, 1.807) is 0 Å². The van der Waals surface area contributed by atoms with Crippen molar-refractivity contribution in [2.75, 3.05) is 5.75 Å². The Morgan fingerprint density at radius 3 is 2.67 bits per heavy atom. The van der Waals surface area contributed by atoms with Gasteiger partial charge in [0.15, 0.2) is 5.78 Å². The van der Waals surface area contributed by atoms with Crippen LogP contribution in [0.15, 0.2) is 11.1 Å². The van der Waals surface area contributed by atoms with Gasteiger partial charge < -0.3 is 0 Å². The summed E-state index contributed by atoms with van der Waals surface area (Å²) in [5, 5.41) is 0. The summed E-state index contributed by atoms with van der Waals surface area (Å²) in [6.07, 6.45) is 2.81. The molecule has 0 bridgehead atoms. The molecular weight excluding hydrogens is 168 g/mol. The molecule has 1 aliphatic rings. The van der Waals surface area contributed by atoms with Crippen LogP contribution in [0.1, 0.15) is 33.1 Å². The molecule has 1 saturated carbocycles. The van der Waals surface area contributed by atoms with E-state index < -0.39 is 0 Å². The third kappa shape index (κ3) is 2.13. The monoisotopic (exact) mass is 184 g/mol. The fraction of sp³-hybridized carbons (Fsp3) is 0.700. The van der Waals surface area contributed by atoms with Crippen molar-refractivity contribution in [2.45, 2.75) is 33.1 Å². The van der Waals surface area contributed by atoms with Crippen molar-refractivity contribution in [1.29, 1.82) is 0 Å². The first-order valence-electron chi connectivity index (χ1n) is 4.45. The van der Waals surface area contributed by atoms with Gasteiger partial charge in [0.05, 0.1) is 0 Å². The number of Topliss-reactive ketones (excluding diaryl/α,β-unsaturated/α-hetero) is 1. The molecule has 68 valence electrons. The smallest absolute Gasteiger partial charge is 0.159 e. The van der Waals surface area contributed by atoms with Gasteiger partial charge >= 0.3 is 0 Å². The van der Waals surface area contributed by atoms with Gasteiger partial charge in [0.25, 0.3) is 0 Å². The van der Waals surface area contributed by atoms with Crippen molar-refractivity contribution in [1.82, 2.24) is 0 Å². The SMILES string of the molecule is CC(C)=C1CCC(CS)CC1=O. The highest BCUT2D eigenvalue weighted by Crippen LogP contribution is 2.27. The minimum atomic E-state index is 0.348. The van der Waals surface area contributed by atoms with Gasteiger partial charge in [-0.1, -0.05) is 5.57 Å². The van der Waals surface area contributed by atoms with Gasteiger partial charge in [-0.05, 0) is 43.9 Å². The number of thiol groups is 1. The average molecular weight is 184 g/mol. The van der Waals surface area contributed by atoms with E-state index in [-0.39, 0.29) is 0 Å². The van der Waals surface area contributed by atoms with E-state index in [1.165, 1.54) is 5.57 Å². The second kappa shape index (κ2) is 4.13. The molecule has 0 aliphatic heterocycles. The first-order chi connectivity index (χ1) is 5.65. The predicted octanol–water partition coefficient (Wildman–Crippen LogP) is 2.62. The van der Waals surface area contributed by atoms with Crippen molar-refractivity contribution in [3.63, 3.8) is 0 Å². The van der Waals surface area contributed by atoms with Gasteiger partial charge in [0.2, 0.25) is 0 Å². The molecule has 1 nitrogen and oxygen atoms in total. The van der Waals surface area contributed by atoms with E-state index in [0.717, 1.165) is 24.2 Å². The molecule has 0 radical (unpaired) electrons. The summed E-state index contributed by atoms with van der Waals surface area (Å²) < 4.78 is 0. The fourth-order valence-electron chi connectivity index (χ4n) is 1.66. The van der Waals surface area contributed by atoms with Crippen LogP contribution in [-0.4, -0.2) is 11.5 Å². The van der Waals surface area contributed by atoms with Gasteiger partial charge in [0, 0.05) is 6.42 Å². The highest BCUT2D eigenvalue weighted by molar-refractivity contribution is 7.80. The number of carbonyl (C=O) groups is 1.